The smallest absolute Gasteiger partial charge is 0.410 e. The van der Waals surface area contributed by atoms with Gasteiger partial charge in [0.15, 0.2) is 11.8 Å². The van der Waals surface area contributed by atoms with Gasteiger partial charge in [-0.2, -0.15) is 0 Å². The Morgan fingerprint density at radius 3 is 2.55 bits per heavy atom. The van der Waals surface area contributed by atoms with Crippen LogP contribution in [0.5, 0.6) is 0 Å². The van der Waals surface area contributed by atoms with Crippen molar-refractivity contribution in [3.05, 3.63) is 11.6 Å². The summed E-state index contributed by atoms with van der Waals surface area (Å²) in [6.45, 7) is 12.7. The average Bonchev–Trinajstić information content (AvgIpc) is 2.98. The number of guanidine groups is 1. The second-order valence-electron chi connectivity index (χ2n) is 9.84. The molecule has 0 bridgehead atoms. The van der Waals surface area contributed by atoms with E-state index in [0.717, 1.165) is 63.0 Å². The Bertz CT molecular complexity index is 782. The first-order valence-corrected chi connectivity index (χ1v) is 12.1. The first-order chi connectivity index (χ1) is 15.3. The van der Waals surface area contributed by atoms with E-state index >= 15 is 0 Å². The number of amides is 1. The summed E-state index contributed by atoms with van der Waals surface area (Å²) in [6, 6.07) is 0. The van der Waals surface area contributed by atoms with Crippen LogP contribution in [0, 0.1) is 5.92 Å². The highest BCUT2D eigenvalue weighted by atomic mass is 127. The molecule has 1 amide bonds. The highest BCUT2D eigenvalue weighted by molar-refractivity contribution is 14.0. The van der Waals surface area contributed by atoms with Gasteiger partial charge in [0.1, 0.15) is 11.4 Å². The predicted octanol–water partition coefficient (Wildman–Crippen LogP) is 3.67. The van der Waals surface area contributed by atoms with Crippen molar-refractivity contribution in [3.63, 3.8) is 0 Å². The van der Waals surface area contributed by atoms with Crippen LogP contribution in [0.2, 0.25) is 0 Å². The van der Waals surface area contributed by atoms with Gasteiger partial charge >= 0.3 is 6.09 Å². The zero-order valence-electron chi connectivity index (χ0n) is 21.0. The Balaban J connectivity index is 0.00000385. The van der Waals surface area contributed by atoms with Gasteiger partial charge in [-0.25, -0.2) is 4.79 Å². The number of carbonyl (C=O) groups is 1. The highest BCUT2D eigenvalue weighted by Crippen LogP contribution is 2.20. The molecule has 1 aromatic heterocycles. The highest BCUT2D eigenvalue weighted by Gasteiger charge is 2.27. The maximum atomic E-state index is 12.5. The number of aliphatic imine (C=N–C) groups is 1. The van der Waals surface area contributed by atoms with Crippen LogP contribution in [0.4, 0.5) is 4.79 Å². The molecule has 3 rings (SSSR count). The van der Waals surface area contributed by atoms with Crippen molar-refractivity contribution in [2.45, 2.75) is 84.9 Å². The van der Waals surface area contributed by atoms with E-state index in [2.05, 4.69) is 30.0 Å². The molecule has 33 heavy (non-hydrogen) atoms. The molecule has 188 valence electrons. The molecular weight excluding hydrogens is 533 g/mol. The van der Waals surface area contributed by atoms with Crippen molar-refractivity contribution >= 4 is 36.0 Å². The van der Waals surface area contributed by atoms with Gasteiger partial charge in [-0.15, -0.1) is 34.2 Å². The van der Waals surface area contributed by atoms with Gasteiger partial charge in [-0.05, 0) is 59.3 Å². The molecule has 0 atom stereocenters. The molecule has 1 fully saturated rings. The van der Waals surface area contributed by atoms with Crippen LogP contribution >= 0.6 is 24.0 Å². The first kappa shape index (κ1) is 27.7. The van der Waals surface area contributed by atoms with Crippen molar-refractivity contribution < 1.29 is 9.53 Å². The molecule has 0 spiro atoms. The summed E-state index contributed by atoms with van der Waals surface area (Å²) < 4.78 is 7.83. The van der Waals surface area contributed by atoms with E-state index in [0.29, 0.717) is 19.0 Å². The topological polar surface area (TPSA) is 87.9 Å². The van der Waals surface area contributed by atoms with Crippen molar-refractivity contribution in [2.24, 2.45) is 10.9 Å². The number of piperidine rings is 1. The number of nitrogens with zero attached hydrogens (tertiary/aromatic N) is 6. The Hall–Kier alpha value is -1.59. The van der Waals surface area contributed by atoms with E-state index in [4.69, 9.17) is 4.74 Å². The van der Waals surface area contributed by atoms with Crippen molar-refractivity contribution in [1.82, 2.24) is 29.9 Å². The average molecular weight is 576 g/mol. The third-order valence-corrected chi connectivity index (χ3v) is 6.23. The summed E-state index contributed by atoms with van der Waals surface area (Å²) >= 11 is 0. The van der Waals surface area contributed by atoms with Gasteiger partial charge < -0.3 is 24.4 Å². The molecule has 9 nitrogen and oxygen atoms in total. The summed E-state index contributed by atoms with van der Waals surface area (Å²) in [6.07, 6.45) is 6.51. The van der Waals surface area contributed by atoms with Crippen LogP contribution in [0.15, 0.2) is 4.99 Å². The van der Waals surface area contributed by atoms with Gasteiger partial charge in [-0.3, -0.25) is 4.99 Å². The molecule has 0 unspecified atom stereocenters. The number of fused-ring (bicyclic) bond motifs is 1. The van der Waals surface area contributed by atoms with Crippen LogP contribution in [-0.2, 0) is 24.2 Å². The van der Waals surface area contributed by atoms with E-state index in [1.54, 1.807) is 0 Å². The monoisotopic (exact) mass is 575 g/mol. The minimum Gasteiger partial charge on any atom is -0.444 e. The first-order valence-electron chi connectivity index (χ1n) is 12.1. The number of aromatic nitrogens is 3. The molecule has 3 heterocycles. The lowest BCUT2D eigenvalue weighted by molar-refractivity contribution is 0.0214. The normalized spacial score (nSPS) is 17.6. The Labute approximate surface area is 215 Å². The lowest BCUT2D eigenvalue weighted by atomic mass is 9.96. The number of aryl methyl sites for hydroxylation is 1. The third-order valence-electron chi connectivity index (χ3n) is 6.23. The molecule has 0 aliphatic carbocycles. The molecule has 1 N–H and O–H groups in total. The zero-order valence-corrected chi connectivity index (χ0v) is 23.3. The van der Waals surface area contributed by atoms with Crippen LogP contribution in [0.25, 0.3) is 0 Å². The number of halogens is 1. The van der Waals surface area contributed by atoms with Gasteiger partial charge in [-0.1, -0.05) is 6.42 Å². The molecule has 1 aromatic rings. The predicted molar refractivity (Wildman–Crippen MR) is 141 cm³/mol. The van der Waals surface area contributed by atoms with Crippen LogP contribution < -0.4 is 5.32 Å². The maximum Gasteiger partial charge on any atom is 0.410 e. The second-order valence-corrected chi connectivity index (χ2v) is 9.84. The fourth-order valence-electron chi connectivity index (χ4n) is 4.46. The van der Waals surface area contributed by atoms with Crippen LogP contribution in [-0.4, -0.2) is 75.4 Å². The number of hydrogen-bond donors (Lipinski definition) is 1. The molecule has 0 aromatic carbocycles. The van der Waals surface area contributed by atoms with Gasteiger partial charge in [0, 0.05) is 46.2 Å². The van der Waals surface area contributed by atoms with Crippen LogP contribution in [0.3, 0.4) is 0 Å². The van der Waals surface area contributed by atoms with Crippen molar-refractivity contribution in [1.29, 1.82) is 0 Å². The summed E-state index contributed by atoms with van der Waals surface area (Å²) in [4.78, 5) is 21.1. The second kappa shape index (κ2) is 12.8. The number of hydrogen-bond acceptors (Lipinski definition) is 5. The summed E-state index contributed by atoms with van der Waals surface area (Å²) in [5.41, 5.74) is -0.464. The largest absolute Gasteiger partial charge is 0.444 e. The molecule has 0 saturated carbocycles. The lowest BCUT2D eigenvalue weighted by Crippen LogP contribution is -2.47. The fraction of sp³-hybridized carbons (Fsp3) is 0.826. The SMILES string of the molecule is CCN(CC1CCN(C(=NC)NCc2nnc3n2CCCCC3)CC1)C(=O)OC(C)(C)C.I. The molecule has 2 aliphatic rings. The molecular formula is C23H42IN7O2. The lowest BCUT2D eigenvalue weighted by Gasteiger charge is -2.36. The van der Waals surface area contributed by atoms with Gasteiger partial charge in [0.2, 0.25) is 0 Å². The Morgan fingerprint density at radius 2 is 1.91 bits per heavy atom. The fourth-order valence-corrected chi connectivity index (χ4v) is 4.46. The van der Waals surface area contributed by atoms with E-state index in [9.17, 15) is 4.79 Å². The van der Waals surface area contributed by atoms with E-state index in [-0.39, 0.29) is 30.1 Å². The number of likely N-dealkylation sites (tertiary alicyclic amines) is 1. The zero-order chi connectivity index (χ0) is 23.1. The molecule has 2 aliphatic heterocycles. The number of carbonyl (C=O) groups excluding carboxylic acids is 1. The number of rotatable bonds is 5. The standard InChI is InChI=1S/C23H41N7O2.HI/c1-6-28(22(31)32-23(2,3)4)17-18-11-14-29(15-12-18)21(24-5)25-16-20-27-26-19-10-8-7-9-13-30(19)20;/h18H,6-17H2,1-5H3,(H,24,25);1H. The van der Waals surface area contributed by atoms with Crippen molar-refractivity contribution in [3.8, 4) is 0 Å². The summed E-state index contributed by atoms with van der Waals surface area (Å²) in [5.74, 6) is 3.49. The minimum atomic E-state index is -0.464. The van der Waals surface area contributed by atoms with Gasteiger partial charge in [0.05, 0.1) is 6.54 Å². The van der Waals surface area contributed by atoms with E-state index in [1.165, 1.54) is 19.3 Å². The maximum absolute atomic E-state index is 12.5. The quantitative estimate of drug-likeness (QED) is 0.328. The minimum absolute atomic E-state index is 0. The van der Waals surface area contributed by atoms with Gasteiger partial charge in [0.25, 0.3) is 0 Å². The summed E-state index contributed by atoms with van der Waals surface area (Å²) in [5, 5.41) is 12.3. The molecule has 10 heteroatoms. The van der Waals surface area contributed by atoms with E-state index < -0.39 is 5.60 Å². The Kier molecular flexibility index (Phi) is 10.7. The summed E-state index contributed by atoms with van der Waals surface area (Å²) in [7, 11) is 1.83. The third kappa shape index (κ3) is 7.99. The van der Waals surface area contributed by atoms with Crippen molar-refractivity contribution in [2.75, 3.05) is 33.2 Å². The Morgan fingerprint density at radius 1 is 1.18 bits per heavy atom. The number of nitrogens with one attached hydrogen (secondary N) is 1. The number of ether oxygens (including phenoxy) is 1. The molecule has 0 radical (unpaired) electrons. The molecule has 1 saturated heterocycles. The van der Waals surface area contributed by atoms with Crippen LogP contribution in [0.1, 0.15) is 71.4 Å². The van der Waals surface area contributed by atoms with E-state index in [1.807, 2.05) is 39.6 Å².